The average molecular weight is 440 g/mol. The number of benzene rings is 3. The van der Waals surface area contributed by atoms with Crippen molar-refractivity contribution >= 4 is 17.3 Å². The maximum absolute atomic E-state index is 13.2. The highest BCUT2D eigenvalue weighted by molar-refractivity contribution is 6.09. The summed E-state index contributed by atoms with van der Waals surface area (Å²) in [5.41, 5.74) is 4.22. The number of hydrogen-bond acceptors (Lipinski definition) is 3. The lowest BCUT2D eigenvalue weighted by atomic mass is 9.97. The van der Waals surface area contributed by atoms with E-state index in [0.717, 1.165) is 31.4 Å². The number of nitrogens with one attached hydrogen (secondary N) is 2. The largest absolute Gasteiger partial charge is 0.416 e. The molecule has 1 aliphatic carbocycles. The van der Waals surface area contributed by atoms with E-state index in [1.807, 2.05) is 18.2 Å². The van der Waals surface area contributed by atoms with Crippen molar-refractivity contribution in [3.05, 3.63) is 82.9 Å². The molecule has 166 valence electrons. The van der Waals surface area contributed by atoms with Gasteiger partial charge in [0, 0.05) is 16.9 Å². The van der Waals surface area contributed by atoms with Crippen LogP contribution in [0.4, 0.5) is 24.5 Å². The minimum Gasteiger partial charge on any atom is -0.374 e. The van der Waals surface area contributed by atoms with Gasteiger partial charge in [-0.2, -0.15) is 13.2 Å². The third kappa shape index (κ3) is 4.78. The van der Waals surface area contributed by atoms with Gasteiger partial charge in [-0.3, -0.25) is 4.79 Å². The highest BCUT2D eigenvalue weighted by Crippen LogP contribution is 2.33. The first-order valence-electron chi connectivity index (χ1n) is 10.4. The number of aliphatic hydroxyl groups excluding tert-OH is 1. The van der Waals surface area contributed by atoms with E-state index >= 15 is 0 Å². The molecule has 4 rings (SSSR count). The van der Waals surface area contributed by atoms with Crippen LogP contribution in [0.1, 0.15) is 40.4 Å². The van der Waals surface area contributed by atoms with Crippen LogP contribution < -0.4 is 10.6 Å². The van der Waals surface area contributed by atoms with Gasteiger partial charge in [-0.15, -0.1) is 0 Å². The Morgan fingerprint density at radius 3 is 2.31 bits per heavy atom. The average Bonchev–Trinajstić information content (AvgIpc) is 3.20. The number of aryl methyl sites for hydroxylation is 2. The molecule has 4 nitrogen and oxygen atoms in total. The van der Waals surface area contributed by atoms with Crippen LogP contribution in [0.25, 0.3) is 11.1 Å². The van der Waals surface area contributed by atoms with Crippen molar-refractivity contribution < 1.29 is 23.1 Å². The first-order valence-corrected chi connectivity index (χ1v) is 10.4. The molecule has 0 aliphatic heterocycles. The molecule has 0 heterocycles. The van der Waals surface area contributed by atoms with Crippen molar-refractivity contribution in [3.8, 4) is 11.1 Å². The van der Waals surface area contributed by atoms with Gasteiger partial charge in [-0.25, -0.2) is 0 Å². The molecule has 1 amide bonds. The van der Waals surface area contributed by atoms with Gasteiger partial charge in [-0.1, -0.05) is 24.3 Å². The number of amides is 1. The molecule has 0 saturated heterocycles. The molecule has 3 N–H and O–H groups in total. The van der Waals surface area contributed by atoms with Crippen LogP contribution in [0.5, 0.6) is 0 Å². The Hall–Kier alpha value is -3.32. The number of aliphatic hydroxyl groups is 1. The number of hydrogen-bond donors (Lipinski definition) is 3. The number of rotatable bonds is 5. The van der Waals surface area contributed by atoms with E-state index in [9.17, 15) is 23.1 Å². The lowest BCUT2D eigenvalue weighted by molar-refractivity contribution is -0.137. The normalized spacial score (nSPS) is 14.0. The quantitative estimate of drug-likeness (QED) is 0.435. The molecule has 0 spiro atoms. The Balaban J connectivity index is 1.68. The number of alkyl halides is 3. The van der Waals surface area contributed by atoms with Gasteiger partial charge in [-0.05, 0) is 84.8 Å². The van der Waals surface area contributed by atoms with Crippen molar-refractivity contribution in [2.24, 2.45) is 0 Å². The molecule has 3 aromatic carbocycles. The molecular weight excluding hydrogens is 417 g/mol. The van der Waals surface area contributed by atoms with Crippen molar-refractivity contribution in [2.75, 3.05) is 10.6 Å². The lowest BCUT2D eigenvalue weighted by Crippen LogP contribution is -2.16. The molecule has 0 fully saturated rings. The van der Waals surface area contributed by atoms with Crippen LogP contribution in [-0.4, -0.2) is 17.2 Å². The van der Waals surface area contributed by atoms with E-state index in [0.29, 0.717) is 22.5 Å². The fourth-order valence-corrected chi connectivity index (χ4v) is 4.00. The van der Waals surface area contributed by atoms with E-state index in [1.54, 1.807) is 25.1 Å². The fraction of sp³-hybridized carbons (Fsp3) is 0.240. The lowest BCUT2D eigenvalue weighted by Gasteiger charge is -2.16. The minimum atomic E-state index is -4.43. The highest BCUT2D eigenvalue weighted by Gasteiger charge is 2.30. The maximum atomic E-state index is 13.2. The second-order valence-electron chi connectivity index (χ2n) is 7.95. The predicted molar refractivity (Wildman–Crippen MR) is 119 cm³/mol. The van der Waals surface area contributed by atoms with Crippen LogP contribution in [0, 0.1) is 0 Å². The third-order valence-corrected chi connectivity index (χ3v) is 5.52. The standard InChI is InChI=1S/C25H23F3N2O2/c1-15(31)29-21-11-12-22(17-5-8-19(9-6-17)25(26,27)28)23(14-21)24(32)30-20-10-7-16-3-2-4-18(16)13-20/h5-15,29,31H,2-4H2,1H3,(H,30,32). The van der Waals surface area contributed by atoms with Gasteiger partial charge in [0.1, 0.15) is 6.23 Å². The van der Waals surface area contributed by atoms with Gasteiger partial charge in [0.25, 0.3) is 5.91 Å². The number of anilines is 2. The summed E-state index contributed by atoms with van der Waals surface area (Å²) in [6.07, 6.45) is -2.16. The van der Waals surface area contributed by atoms with Gasteiger partial charge >= 0.3 is 6.18 Å². The monoisotopic (exact) mass is 440 g/mol. The molecule has 32 heavy (non-hydrogen) atoms. The van der Waals surface area contributed by atoms with Crippen LogP contribution in [0.15, 0.2) is 60.7 Å². The Morgan fingerprint density at radius 1 is 0.938 bits per heavy atom. The minimum absolute atomic E-state index is 0.288. The van der Waals surface area contributed by atoms with E-state index in [-0.39, 0.29) is 11.5 Å². The van der Waals surface area contributed by atoms with Crippen molar-refractivity contribution in [1.82, 2.24) is 0 Å². The summed E-state index contributed by atoms with van der Waals surface area (Å²) < 4.78 is 38.8. The zero-order chi connectivity index (χ0) is 22.9. The molecule has 0 aromatic heterocycles. The molecule has 0 saturated carbocycles. The maximum Gasteiger partial charge on any atom is 0.416 e. The van der Waals surface area contributed by atoms with Crippen LogP contribution in [0.3, 0.4) is 0 Å². The Kier molecular flexibility index (Phi) is 5.93. The van der Waals surface area contributed by atoms with E-state index in [1.165, 1.54) is 23.3 Å². The van der Waals surface area contributed by atoms with Gasteiger partial charge < -0.3 is 15.7 Å². The Labute approximate surface area is 184 Å². The number of carbonyl (C=O) groups is 1. The molecule has 1 aliphatic rings. The van der Waals surface area contributed by atoms with Crippen LogP contribution in [0.2, 0.25) is 0 Å². The zero-order valence-corrected chi connectivity index (χ0v) is 17.5. The van der Waals surface area contributed by atoms with E-state index in [2.05, 4.69) is 10.6 Å². The second-order valence-corrected chi connectivity index (χ2v) is 7.95. The number of halogens is 3. The van der Waals surface area contributed by atoms with Gasteiger partial charge in [0.05, 0.1) is 5.56 Å². The summed E-state index contributed by atoms with van der Waals surface area (Å²) in [4.78, 5) is 13.2. The summed E-state index contributed by atoms with van der Waals surface area (Å²) in [6.45, 7) is 1.55. The summed E-state index contributed by atoms with van der Waals surface area (Å²) in [5.74, 6) is -0.382. The van der Waals surface area contributed by atoms with E-state index < -0.39 is 18.0 Å². The summed E-state index contributed by atoms with van der Waals surface area (Å²) in [7, 11) is 0. The SMILES string of the molecule is CC(O)Nc1ccc(-c2ccc(C(F)(F)F)cc2)c(C(=O)Nc2ccc3c(c2)CCC3)c1. The predicted octanol–water partition coefficient (Wildman–Crippen LogP) is 5.86. The highest BCUT2D eigenvalue weighted by atomic mass is 19.4. The second kappa shape index (κ2) is 8.67. The van der Waals surface area contributed by atoms with Crippen LogP contribution >= 0.6 is 0 Å². The molecule has 0 bridgehead atoms. The van der Waals surface area contributed by atoms with Gasteiger partial charge in [0.15, 0.2) is 0 Å². The van der Waals surface area contributed by atoms with Crippen LogP contribution in [-0.2, 0) is 19.0 Å². The smallest absolute Gasteiger partial charge is 0.374 e. The number of carbonyl (C=O) groups excluding carboxylic acids is 1. The zero-order valence-electron chi connectivity index (χ0n) is 17.5. The summed E-state index contributed by atoms with van der Waals surface area (Å²) in [5, 5.41) is 15.4. The van der Waals surface area contributed by atoms with Crippen molar-refractivity contribution in [2.45, 2.75) is 38.6 Å². The molecule has 1 atom stereocenters. The Bertz CT molecular complexity index is 1140. The molecular formula is C25H23F3N2O2. The summed E-state index contributed by atoms with van der Waals surface area (Å²) >= 11 is 0. The molecule has 7 heteroatoms. The topological polar surface area (TPSA) is 61.4 Å². The number of fused-ring (bicyclic) bond motifs is 1. The van der Waals surface area contributed by atoms with E-state index in [4.69, 9.17) is 0 Å². The first kappa shape index (κ1) is 21.9. The third-order valence-electron chi connectivity index (χ3n) is 5.52. The molecule has 0 radical (unpaired) electrons. The van der Waals surface area contributed by atoms with Crippen molar-refractivity contribution in [3.63, 3.8) is 0 Å². The molecule has 3 aromatic rings. The van der Waals surface area contributed by atoms with Crippen molar-refractivity contribution in [1.29, 1.82) is 0 Å². The molecule has 1 unspecified atom stereocenters. The Morgan fingerprint density at radius 2 is 1.62 bits per heavy atom. The fourth-order valence-electron chi connectivity index (χ4n) is 4.00. The summed E-state index contributed by atoms with van der Waals surface area (Å²) in [6, 6.07) is 15.5. The van der Waals surface area contributed by atoms with Gasteiger partial charge in [0.2, 0.25) is 0 Å². The first-order chi connectivity index (χ1) is 15.2.